The molecular formula is C14H17BrN2O2. The van der Waals surface area contributed by atoms with Crippen molar-refractivity contribution in [3.63, 3.8) is 0 Å². The number of fused-ring (bicyclic) bond motifs is 1. The van der Waals surface area contributed by atoms with E-state index < -0.39 is 11.7 Å². The number of H-pyrrole nitrogens is 1. The van der Waals surface area contributed by atoms with E-state index >= 15 is 0 Å². The van der Waals surface area contributed by atoms with E-state index in [1.165, 1.54) is 0 Å². The van der Waals surface area contributed by atoms with E-state index in [2.05, 4.69) is 26.2 Å². The molecular weight excluding hydrogens is 308 g/mol. The van der Waals surface area contributed by atoms with Crippen LogP contribution in [-0.4, -0.2) is 16.7 Å². The van der Waals surface area contributed by atoms with Gasteiger partial charge in [-0.05, 0) is 61.3 Å². The molecule has 0 atom stereocenters. The third-order valence-corrected chi connectivity index (χ3v) is 3.28. The lowest BCUT2D eigenvalue weighted by Crippen LogP contribution is -2.27. The normalized spacial score (nSPS) is 11.6. The van der Waals surface area contributed by atoms with E-state index in [1.54, 1.807) is 0 Å². The maximum atomic E-state index is 11.8. The minimum atomic E-state index is -0.508. The summed E-state index contributed by atoms with van der Waals surface area (Å²) in [6.45, 7) is 7.51. The topological polar surface area (TPSA) is 54.1 Å². The predicted octanol–water partition coefficient (Wildman–Crippen LogP) is 4.59. The molecule has 19 heavy (non-hydrogen) atoms. The highest BCUT2D eigenvalue weighted by molar-refractivity contribution is 9.10. The van der Waals surface area contributed by atoms with Gasteiger partial charge in [0.05, 0.1) is 11.2 Å². The van der Waals surface area contributed by atoms with Crippen molar-refractivity contribution in [3.05, 3.63) is 28.4 Å². The van der Waals surface area contributed by atoms with Crippen molar-refractivity contribution in [2.24, 2.45) is 0 Å². The van der Waals surface area contributed by atoms with Crippen LogP contribution in [0.5, 0.6) is 0 Å². The Bertz CT molecular complexity index is 626. The molecule has 2 N–H and O–H groups in total. The van der Waals surface area contributed by atoms with Crippen LogP contribution in [0, 0.1) is 6.92 Å². The molecule has 102 valence electrons. The second-order valence-electron chi connectivity index (χ2n) is 5.44. The molecule has 1 amide bonds. The molecule has 0 aliphatic rings. The van der Waals surface area contributed by atoms with E-state index in [-0.39, 0.29) is 0 Å². The van der Waals surface area contributed by atoms with Gasteiger partial charge in [0.15, 0.2) is 0 Å². The number of aromatic amines is 1. The van der Waals surface area contributed by atoms with Gasteiger partial charge in [0.2, 0.25) is 0 Å². The number of aryl methyl sites for hydroxylation is 1. The minimum absolute atomic E-state index is 0.447. The Morgan fingerprint density at radius 3 is 2.68 bits per heavy atom. The molecule has 2 aromatic rings. The van der Waals surface area contributed by atoms with Gasteiger partial charge < -0.3 is 9.72 Å². The van der Waals surface area contributed by atoms with Gasteiger partial charge in [0, 0.05) is 16.1 Å². The lowest BCUT2D eigenvalue weighted by Gasteiger charge is -2.20. The Hall–Kier alpha value is -1.49. The molecule has 0 saturated heterocycles. The molecule has 0 aliphatic carbocycles. The molecule has 1 aromatic heterocycles. The molecule has 2 rings (SSSR count). The third-order valence-electron chi connectivity index (χ3n) is 2.62. The van der Waals surface area contributed by atoms with Gasteiger partial charge in [0.25, 0.3) is 0 Å². The first-order valence-corrected chi connectivity index (χ1v) is 6.83. The van der Waals surface area contributed by atoms with Crippen molar-refractivity contribution >= 4 is 38.6 Å². The van der Waals surface area contributed by atoms with Gasteiger partial charge >= 0.3 is 6.09 Å². The van der Waals surface area contributed by atoms with Crippen molar-refractivity contribution in [3.8, 4) is 0 Å². The highest BCUT2D eigenvalue weighted by Crippen LogP contribution is 2.32. The first-order valence-electron chi connectivity index (χ1n) is 6.04. The SMILES string of the molecule is Cc1c[nH]c2c(Br)ccc(NC(=O)OC(C)(C)C)c12. The molecule has 4 nitrogen and oxygen atoms in total. The Morgan fingerprint density at radius 1 is 1.37 bits per heavy atom. The molecule has 0 saturated carbocycles. The van der Waals surface area contributed by atoms with E-state index in [4.69, 9.17) is 4.74 Å². The number of benzene rings is 1. The summed E-state index contributed by atoms with van der Waals surface area (Å²) in [7, 11) is 0. The number of nitrogens with one attached hydrogen (secondary N) is 2. The van der Waals surface area contributed by atoms with Crippen LogP contribution >= 0.6 is 15.9 Å². The van der Waals surface area contributed by atoms with Gasteiger partial charge in [-0.2, -0.15) is 0 Å². The Kier molecular flexibility index (Phi) is 3.58. The maximum Gasteiger partial charge on any atom is 0.412 e. The first kappa shape index (κ1) is 13.9. The number of amides is 1. The van der Waals surface area contributed by atoms with Crippen LogP contribution in [0.1, 0.15) is 26.3 Å². The average molecular weight is 325 g/mol. The summed E-state index contributed by atoms with van der Waals surface area (Å²) >= 11 is 3.48. The quantitative estimate of drug-likeness (QED) is 0.806. The largest absolute Gasteiger partial charge is 0.444 e. The summed E-state index contributed by atoms with van der Waals surface area (Å²) in [4.78, 5) is 15.0. The van der Waals surface area contributed by atoms with E-state index in [9.17, 15) is 4.79 Å². The maximum absolute atomic E-state index is 11.8. The van der Waals surface area contributed by atoms with Gasteiger partial charge in [0.1, 0.15) is 5.60 Å². The summed E-state index contributed by atoms with van der Waals surface area (Å²) in [5, 5.41) is 3.78. The van der Waals surface area contributed by atoms with Gasteiger partial charge in [-0.15, -0.1) is 0 Å². The van der Waals surface area contributed by atoms with Crippen molar-refractivity contribution in [2.45, 2.75) is 33.3 Å². The van der Waals surface area contributed by atoms with Gasteiger partial charge in [-0.1, -0.05) is 0 Å². The van der Waals surface area contributed by atoms with E-state index in [0.717, 1.165) is 26.6 Å². The Balaban J connectivity index is 2.34. The molecule has 5 heteroatoms. The molecule has 0 radical (unpaired) electrons. The number of rotatable bonds is 1. The highest BCUT2D eigenvalue weighted by atomic mass is 79.9. The lowest BCUT2D eigenvalue weighted by molar-refractivity contribution is 0.0636. The highest BCUT2D eigenvalue weighted by Gasteiger charge is 2.18. The summed E-state index contributed by atoms with van der Waals surface area (Å²) in [6.07, 6.45) is 1.46. The third kappa shape index (κ3) is 3.10. The van der Waals surface area contributed by atoms with Crippen LogP contribution < -0.4 is 5.32 Å². The lowest BCUT2D eigenvalue weighted by atomic mass is 10.1. The molecule has 0 fully saturated rings. The monoisotopic (exact) mass is 324 g/mol. The summed E-state index contributed by atoms with van der Waals surface area (Å²) in [5.41, 5.74) is 2.27. The number of halogens is 1. The van der Waals surface area contributed by atoms with Crippen LogP contribution in [-0.2, 0) is 4.74 Å². The second-order valence-corrected chi connectivity index (χ2v) is 6.30. The number of ether oxygens (including phenoxy) is 1. The van der Waals surface area contributed by atoms with Crippen LogP contribution in [0.2, 0.25) is 0 Å². The number of hydrogen-bond acceptors (Lipinski definition) is 2. The fraction of sp³-hybridized carbons (Fsp3) is 0.357. The van der Waals surface area contributed by atoms with Crippen molar-refractivity contribution in [2.75, 3.05) is 5.32 Å². The minimum Gasteiger partial charge on any atom is -0.444 e. The number of aromatic nitrogens is 1. The van der Waals surface area contributed by atoms with Crippen molar-refractivity contribution in [1.82, 2.24) is 4.98 Å². The van der Waals surface area contributed by atoms with Crippen LogP contribution in [0.4, 0.5) is 10.5 Å². The second kappa shape index (κ2) is 4.89. The molecule has 1 aromatic carbocycles. The van der Waals surface area contributed by atoms with E-state index in [1.807, 2.05) is 46.0 Å². The molecule has 0 spiro atoms. The number of hydrogen-bond donors (Lipinski definition) is 2. The summed E-state index contributed by atoms with van der Waals surface area (Å²) in [6, 6.07) is 3.75. The molecule has 0 bridgehead atoms. The van der Waals surface area contributed by atoms with Crippen molar-refractivity contribution < 1.29 is 9.53 Å². The fourth-order valence-electron chi connectivity index (χ4n) is 1.90. The van der Waals surface area contributed by atoms with Crippen LogP contribution in [0.25, 0.3) is 10.9 Å². The Labute approximate surface area is 120 Å². The average Bonchev–Trinajstić information content (AvgIpc) is 2.63. The van der Waals surface area contributed by atoms with Crippen LogP contribution in [0.3, 0.4) is 0 Å². The number of anilines is 1. The Morgan fingerprint density at radius 2 is 2.05 bits per heavy atom. The van der Waals surface area contributed by atoms with Crippen LogP contribution in [0.15, 0.2) is 22.8 Å². The van der Waals surface area contributed by atoms with Gasteiger partial charge in [-0.3, -0.25) is 5.32 Å². The molecule has 0 aliphatic heterocycles. The summed E-state index contributed by atoms with van der Waals surface area (Å²) < 4.78 is 6.23. The fourth-order valence-corrected chi connectivity index (χ4v) is 2.34. The standard InChI is InChI=1S/C14H17BrN2O2/c1-8-7-16-12-9(15)5-6-10(11(8)12)17-13(18)19-14(2,3)4/h5-7,16H,1-4H3,(H,17,18). The molecule has 0 unspecified atom stereocenters. The smallest absolute Gasteiger partial charge is 0.412 e. The number of carbonyl (C=O) groups excluding carboxylic acids is 1. The van der Waals surface area contributed by atoms with Crippen molar-refractivity contribution in [1.29, 1.82) is 0 Å². The number of carbonyl (C=O) groups is 1. The predicted molar refractivity (Wildman–Crippen MR) is 80.6 cm³/mol. The zero-order valence-electron chi connectivity index (χ0n) is 11.4. The molecule has 1 heterocycles. The first-order chi connectivity index (χ1) is 8.78. The zero-order valence-corrected chi connectivity index (χ0v) is 13.0. The summed E-state index contributed by atoms with van der Waals surface area (Å²) in [5.74, 6) is 0. The zero-order chi connectivity index (χ0) is 14.2. The van der Waals surface area contributed by atoms with E-state index in [0.29, 0.717) is 0 Å². The van der Waals surface area contributed by atoms with Gasteiger partial charge in [-0.25, -0.2) is 4.79 Å².